The van der Waals surface area contributed by atoms with Crippen LogP contribution < -0.4 is 0 Å². The Bertz CT molecular complexity index is 162. The van der Waals surface area contributed by atoms with E-state index in [0.29, 0.717) is 0 Å². The number of carboxylic acids is 1. The van der Waals surface area contributed by atoms with Crippen molar-refractivity contribution < 1.29 is 24.8 Å². The molecular formula is C7H11ClO5. The third kappa shape index (κ3) is 113. The largest absolute Gasteiger partial charge is 0.481 e. The number of rotatable bonds is 1. The Labute approximate surface area is 80.8 Å². The van der Waals surface area contributed by atoms with Crippen LogP contribution in [0.15, 0.2) is 24.8 Å². The minimum Gasteiger partial charge on any atom is -0.481 e. The summed E-state index contributed by atoms with van der Waals surface area (Å²) < 4.78 is 0. The van der Waals surface area contributed by atoms with E-state index in [1.54, 1.807) is 0 Å². The highest BCUT2D eigenvalue weighted by atomic mass is 35.5. The van der Waals surface area contributed by atoms with Crippen molar-refractivity contribution in [2.45, 2.75) is 6.92 Å². The van der Waals surface area contributed by atoms with Crippen molar-refractivity contribution in [2.24, 2.45) is 0 Å². The molecule has 0 amide bonds. The molecule has 0 aliphatic carbocycles. The van der Waals surface area contributed by atoms with E-state index in [1.807, 2.05) is 0 Å². The van der Waals surface area contributed by atoms with Gasteiger partial charge < -0.3 is 5.11 Å². The van der Waals surface area contributed by atoms with E-state index in [4.69, 9.17) is 26.8 Å². The predicted molar refractivity (Wildman–Crippen MR) is 48.3 cm³/mol. The van der Waals surface area contributed by atoms with Crippen molar-refractivity contribution >= 4 is 23.5 Å². The van der Waals surface area contributed by atoms with Crippen LogP contribution in [0.25, 0.3) is 0 Å². The normalized spacial score (nSPS) is 6.08. The van der Waals surface area contributed by atoms with Crippen molar-refractivity contribution in [3.05, 3.63) is 24.8 Å². The maximum Gasteiger partial charge on any atom is 0.365 e. The summed E-state index contributed by atoms with van der Waals surface area (Å²) in [6.45, 7) is 7.21. The van der Waals surface area contributed by atoms with Gasteiger partial charge in [0.15, 0.2) is 0 Å². The summed E-state index contributed by atoms with van der Waals surface area (Å²) >= 11 is 4.76. The van der Waals surface area contributed by atoms with Gasteiger partial charge in [0.1, 0.15) is 0 Å². The first-order valence-corrected chi connectivity index (χ1v) is 3.28. The average molecular weight is 211 g/mol. The summed E-state index contributed by atoms with van der Waals surface area (Å²) in [6.07, 6.45) is 0.861. The average Bonchev–Trinajstić information content (AvgIpc) is 2.03. The summed E-state index contributed by atoms with van der Waals surface area (Å²) in [4.78, 5) is 21.7. The van der Waals surface area contributed by atoms with Crippen LogP contribution in [0, 0.1) is 0 Å². The molecule has 0 heterocycles. The lowest BCUT2D eigenvalue weighted by Crippen LogP contribution is -1.92. The molecule has 0 aromatic heterocycles. The third-order valence-corrected chi connectivity index (χ3v) is 0.257. The first-order valence-electron chi connectivity index (χ1n) is 2.84. The summed E-state index contributed by atoms with van der Waals surface area (Å²) in [7, 11) is 0. The first kappa shape index (κ1) is 17.7. The molecule has 0 bridgehead atoms. The van der Waals surface area contributed by atoms with E-state index in [1.165, 1.54) is 5.54 Å². The van der Waals surface area contributed by atoms with Gasteiger partial charge in [0.25, 0.3) is 5.97 Å². The van der Waals surface area contributed by atoms with Crippen LogP contribution in [0.2, 0.25) is 0 Å². The second kappa shape index (κ2) is 17.0. The smallest absolute Gasteiger partial charge is 0.365 e. The van der Waals surface area contributed by atoms with Gasteiger partial charge in [-0.3, -0.25) is 9.68 Å². The number of carbonyl (C=O) groups is 2. The maximum atomic E-state index is 9.59. The summed E-state index contributed by atoms with van der Waals surface area (Å²) in [6, 6.07) is 0. The Balaban J connectivity index is -0.000000125. The second-order valence-electron chi connectivity index (χ2n) is 1.29. The molecule has 0 radical (unpaired) electrons. The molecule has 0 fully saturated rings. The zero-order valence-electron chi connectivity index (χ0n) is 7.07. The van der Waals surface area contributed by atoms with Gasteiger partial charge in [-0.15, -0.1) is 0 Å². The molecule has 0 aliphatic heterocycles. The van der Waals surface area contributed by atoms with Gasteiger partial charge in [-0.05, 0) is 5.54 Å². The van der Waals surface area contributed by atoms with E-state index in [-0.39, 0.29) is 0 Å². The highest BCUT2D eigenvalue weighted by Gasteiger charge is 1.85. The fourth-order valence-electron chi connectivity index (χ4n) is 0.0373. The van der Waals surface area contributed by atoms with Crippen LogP contribution in [0.3, 0.4) is 0 Å². The monoisotopic (exact) mass is 210 g/mol. The van der Waals surface area contributed by atoms with Gasteiger partial charge in [0.05, 0.1) is 0 Å². The van der Waals surface area contributed by atoms with E-state index < -0.39 is 11.9 Å². The van der Waals surface area contributed by atoms with Crippen molar-refractivity contribution in [1.29, 1.82) is 0 Å². The summed E-state index contributed by atoms with van der Waals surface area (Å²) in [5.74, 6) is -1.67. The zero-order chi connectivity index (χ0) is 11.3. The number of hydrogen-bond acceptors (Lipinski definition) is 4. The van der Waals surface area contributed by atoms with Gasteiger partial charge in [-0.25, -0.2) is 4.79 Å². The molecule has 0 unspecified atom stereocenters. The van der Waals surface area contributed by atoms with Gasteiger partial charge in [-0.2, -0.15) is 5.26 Å². The van der Waals surface area contributed by atoms with E-state index in [9.17, 15) is 4.79 Å². The fourth-order valence-corrected chi connectivity index (χ4v) is 0.0373. The number of hydrogen-bond donors (Lipinski definition) is 2. The minimum absolute atomic E-state index is 0.833. The Morgan fingerprint density at radius 3 is 1.69 bits per heavy atom. The maximum absolute atomic E-state index is 9.59. The summed E-state index contributed by atoms with van der Waals surface area (Å²) in [5.41, 5.74) is 1.22. The van der Waals surface area contributed by atoms with Crippen molar-refractivity contribution in [3.63, 3.8) is 0 Å². The molecule has 0 rings (SSSR count). The molecule has 0 saturated carbocycles. The number of aliphatic carboxylic acids is 1. The molecule has 0 spiro atoms. The Kier molecular flexibility index (Phi) is 23.1. The molecule has 2 N–H and O–H groups in total. The van der Waals surface area contributed by atoms with Crippen LogP contribution >= 0.6 is 11.6 Å². The topological polar surface area (TPSA) is 83.8 Å². The standard InChI is InChI=1S/C3H4O3.C2H3Cl.C2H4O2/c1-2-3(4)6-5;1-2-3;1-2(3)4/h2,5H,1H2;2H,1H2;1H3,(H,3,4). The van der Waals surface area contributed by atoms with Crippen LogP contribution in [-0.4, -0.2) is 22.3 Å². The van der Waals surface area contributed by atoms with Crippen molar-refractivity contribution in [3.8, 4) is 0 Å². The van der Waals surface area contributed by atoms with E-state index in [2.05, 4.69) is 18.0 Å². The van der Waals surface area contributed by atoms with Crippen LogP contribution in [-0.2, 0) is 14.5 Å². The summed E-state index contributed by atoms with van der Waals surface area (Å²) in [5, 5.41) is 14.8. The predicted octanol–water partition coefficient (Wildman–Crippen LogP) is 1.65. The molecule has 0 aromatic rings. The van der Waals surface area contributed by atoms with Crippen molar-refractivity contribution in [1.82, 2.24) is 0 Å². The second-order valence-corrected chi connectivity index (χ2v) is 1.60. The molecule has 76 valence electrons. The fraction of sp³-hybridized carbons (Fsp3) is 0.143. The molecule has 0 aliphatic rings. The van der Waals surface area contributed by atoms with Gasteiger partial charge in [0, 0.05) is 13.0 Å². The molecule has 0 aromatic carbocycles. The molecule has 0 saturated heterocycles. The molecule has 6 heteroatoms. The lowest BCUT2D eigenvalue weighted by Gasteiger charge is -1.78. The van der Waals surface area contributed by atoms with Crippen molar-refractivity contribution in [2.75, 3.05) is 0 Å². The number of carboxylic acid groups (broad SMARTS) is 1. The van der Waals surface area contributed by atoms with Gasteiger partial charge in [0.2, 0.25) is 0 Å². The van der Waals surface area contributed by atoms with Crippen LogP contribution in [0.5, 0.6) is 0 Å². The van der Waals surface area contributed by atoms with Gasteiger partial charge >= 0.3 is 5.97 Å². The molecule has 5 nitrogen and oxygen atoms in total. The highest BCUT2D eigenvalue weighted by Crippen LogP contribution is 1.67. The Hall–Kier alpha value is -1.33. The number of halogens is 1. The Morgan fingerprint density at radius 2 is 1.69 bits per heavy atom. The van der Waals surface area contributed by atoms with E-state index in [0.717, 1.165) is 13.0 Å². The van der Waals surface area contributed by atoms with Crippen LogP contribution in [0.4, 0.5) is 0 Å². The SMILES string of the molecule is C=CC(=O)OO.C=CCl.CC(=O)O. The first-order chi connectivity index (χ1) is 5.95. The lowest BCUT2D eigenvalue weighted by atomic mass is 10.7. The zero-order valence-corrected chi connectivity index (χ0v) is 7.82. The van der Waals surface area contributed by atoms with Crippen LogP contribution in [0.1, 0.15) is 6.92 Å². The number of carbonyl (C=O) groups excluding carboxylic acids is 1. The lowest BCUT2D eigenvalue weighted by molar-refractivity contribution is -0.228. The Morgan fingerprint density at radius 1 is 1.46 bits per heavy atom. The van der Waals surface area contributed by atoms with E-state index >= 15 is 0 Å². The van der Waals surface area contributed by atoms with Gasteiger partial charge in [-0.1, -0.05) is 24.8 Å². The molecule has 0 atom stereocenters. The quantitative estimate of drug-likeness (QED) is 0.391. The third-order valence-electron chi connectivity index (χ3n) is 0.257. The molecule has 13 heavy (non-hydrogen) atoms. The molecular weight excluding hydrogens is 200 g/mol. The highest BCUT2D eigenvalue weighted by molar-refractivity contribution is 6.25. The minimum atomic E-state index is -0.838.